The van der Waals surface area contributed by atoms with Crippen LogP contribution in [0, 0.1) is 0 Å². The van der Waals surface area contributed by atoms with Crippen LogP contribution in [0.15, 0.2) is 29.6 Å². The topological polar surface area (TPSA) is 88.5 Å². The average molecular weight is 334 g/mol. The van der Waals surface area contributed by atoms with Crippen molar-refractivity contribution in [3.63, 3.8) is 0 Å². The Bertz CT molecular complexity index is 719. The first-order chi connectivity index (χ1) is 10.7. The third kappa shape index (κ3) is 5.07. The molecule has 0 spiro atoms. The van der Waals surface area contributed by atoms with Crippen LogP contribution in [0.25, 0.3) is 10.6 Å². The largest absolute Gasteiger partial charge is 0.476 e. The highest BCUT2D eigenvalue weighted by Gasteiger charge is 2.16. The summed E-state index contributed by atoms with van der Waals surface area (Å²) >= 11 is 1.27. The number of carbonyl (C=O) groups is 2. The molecular formula is C16H18N2O4S. The van der Waals surface area contributed by atoms with Crippen molar-refractivity contribution in [2.45, 2.75) is 32.9 Å². The highest BCUT2D eigenvalue weighted by atomic mass is 32.1. The van der Waals surface area contributed by atoms with E-state index in [1.54, 1.807) is 20.8 Å². The third-order valence-electron chi connectivity index (χ3n) is 2.73. The Hall–Kier alpha value is -2.41. The molecule has 23 heavy (non-hydrogen) atoms. The number of amides is 1. The number of alkyl carbamates (subject to hydrolysis) is 1. The molecule has 2 N–H and O–H groups in total. The Morgan fingerprint density at radius 2 is 2.09 bits per heavy atom. The van der Waals surface area contributed by atoms with Crippen LogP contribution in [-0.2, 0) is 11.3 Å². The van der Waals surface area contributed by atoms with Crippen molar-refractivity contribution in [1.82, 2.24) is 10.3 Å². The van der Waals surface area contributed by atoms with Gasteiger partial charge in [0.05, 0.1) is 0 Å². The number of carboxylic acid groups (broad SMARTS) is 1. The molecule has 0 radical (unpaired) electrons. The highest BCUT2D eigenvalue weighted by molar-refractivity contribution is 7.13. The van der Waals surface area contributed by atoms with Gasteiger partial charge in [-0.3, -0.25) is 0 Å². The van der Waals surface area contributed by atoms with E-state index in [0.29, 0.717) is 11.6 Å². The van der Waals surface area contributed by atoms with E-state index in [2.05, 4.69) is 10.3 Å². The fourth-order valence-corrected chi connectivity index (χ4v) is 2.60. The van der Waals surface area contributed by atoms with Gasteiger partial charge in [0.15, 0.2) is 5.69 Å². The quantitative estimate of drug-likeness (QED) is 0.893. The molecule has 1 amide bonds. The van der Waals surface area contributed by atoms with Crippen molar-refractivity contribution in [1.29, 1.82) is 0 Å². The fraction of sp³-hybridized carbons (Fsp3) is 0.312. The first kappa shape index (κ1) is 17.0. The van der Waals surface area contributed by atoms with E-state index in [0.717, 1.165) is 11.1 Å². The Labute approximate surface area is 138 Å². The minimum absolute atomic E-state index is 0.0299. The van der Waals surface area contributed by atoms with Crippen molar-refractivity contribution in [2.24, 2.45) is 0 Å². The van der Waals surface area contributed by atoms with Crippen molar-refractivity contribution in [2.75, 3.05) is 0 Å². The predicted molar refractivity (Wildman–Crippen MR) is 87.6 cm³/mol. The number of carbonyl (C=O) groups excluding carboxylic acids is 1. The van der Waals surface area contributed by atoms with E-state index in [4.69, 9.17) is 9.84 Å². The van der Waals surface area contributed by atoms with E-state index in [-0.39, 0.29) is 5.69 Å². The molecule has 0 aliphatic carbocycles. The molecule has 0 aliphatic rings. The van der Waals surface area contributed by atoms with Crippen LogP contribution in [0.1, 0.15) is 36.8 Å². The summed E-state index contributed by atoms with van der Waals surface area (Å²) in [6.07, 6.45) is -0.481. The van der Waals surface area contributed by atoms with E-state index in [9.17, 15) is 9.59 Å². The molecule has 0 aliphatic heterocycles. The monoisotopic (exact) mass is 334 g/mol. The molecule has 1 heterocycles. The number of aromatic nitrogens is 1. The zero-order chi connectivity index (χ0) is 17.0. The van der Waals surface area contributed by atoms with Crippen LogP contribution in [0.3, 0.4) is 0 Å². The van der Waals surface area contributed by atoms with E-state index < -0.39 is 17.7 Å². The molecule has 7 heteroatoms. The molecule has 122 valence electrons. The van der Waals surface area contributed by atoms with Crippen LogP contribution < -0.4 is 5.32 Å². The van der Waals surface area contributed by atoms with Crippen molar-refractivity contribution < 1.29 is 19.4 Å². The van der Waals surface area contributed by atoms with Gasteiger partial charge in [0, 0.05) is 17.5 Å². The van der Waals surface area contributed by atoms with Crippen LogP contribution in [0.2, 0.25) is 0 Å². The summed E-state index contributed by atoms with van der Waals surface area (Å²) in [5, 5.41) is 13.7. The third-order valence-corrected chi connectivity index (χ3v) is 3.62. The zero-order valence-corrected chi connectivity index (χ0v) is 13.9. The van der Waals surface area contributed by atoms with E-state index in [1.807, 2.05) is 24.3 Å². The molecule has 0 fully saturated rings. The summed E-state index contributed by atoms with van der Waals surface area (Å²) in [6, 6.07) is 7.42. The standard InChI is InChI=1S/C16H18N2O4S/c1-16(2,3)22-15(21)17-8-10-5-4-6-11(7-10)13-18-12(9-23-13)14(19)20/h4-7,9H,8H2,1-3H3,(H,17,21)(H,19,20). The second kappa shape index (κ2) is 6.78. The van der Waals surface area contributed by atoms with E-state index >= 15 is 0 Å². The van der Waals surface area contributed by atoms with Crippen LogP contribution in [0.4, 0.5) is 4.79 Å². The van der Waals surface area contributed by atoms with Gasteiger partial charge in [0.1, 0.15) is 10.6 Å². The first-order valence-electron chi connectivity index (χ1n) is 6.99. The van der Waals surface area contributed by atoms with Crippen molar-refractivity contribution in [3.05, 3.63) is 40.9 Å². The number of thiazole rings is 1. The second-order valence-electron chi connectivity index (χ2n) is 5.90. The fourth-order valence-electron chi connectivity index (χ4n) is 1.81. The Morgan fingerprint density at radius 1 is 1.35 bits per heavy atom. The molecule has 0 atom stereocenters. The lowest BCUT2D eigenvalue weighted by Gasteiger charge is -2.19. The minimum Gasteiger partial charge on any atom is -0.476 e. The predicted octanol–water partition coefficient (Wildman–Crippen LogP) is 3.53. The van der Waals surface area contributed by atoms with Gasteiger partial charge in [-0.2, -0.15) is 0 Å². The van der Waals surface area contributed by atoms with Crippen molar-refractivity contribution >= 4 is 23.4 Å². The molecule has 2 rings (SSSR count). The first-order valence-corrected chi connectivity index (χ1v) is 7.87. The summed E-state index contributed by atoms with van der Waals surface area (Å²) in [4.78, 5) is 26.6. The number of hydrogen-bond donors (Lipinski definition) is 2. The smallest absolute Gasteiger partial charge is 0.407 e. The molecule has 0 saturated heterocycles. The van der Waals surface area contributed by atoms with Gasteiger partial charge in [0.2, 0.25) is 0 Å². The van der Waals surface area contributed by atoms with Gasteiger partial charge in [-0.25, -0.2) is 14.6 Å². The Balaban J connectivity index is 2.05. The summed E-state index contributed by atoms with van der Waals surface area (Å²) in [7, 11) is 0. The maximum absolute atomic E-state index is 11.7. The lowest BCUT2D eigenvalue weighted by Crippen LogP contribution is -2.32. The van der Waals surface area contributed by atoms with Crippen molar-refractivity contribution in [3.8, 4) is 10.6 Å². The van der Waals surface area contributed by atoms with E-state index in [1.165, 1.54) is 16.7 Å². The van der Waals surface area contributed by atoms with Crippen LogP contribution in [0.5, 0.6) is 0 Å². The molecule has 0 unspecified atom stereocenters. The van der Waals surface area contributed by atoms with Gasteiger partial charge < -0.3 is 15.2 Å². The number of hydrogen-bond acceptors (Lipinski definition) is 5. The van der Waals surface area contributed by atoms with Crippen LogP contribution in [-0.4, -0.2) is 27.8 Å². The molecule has 1 aromatic heterocycles. The molecule has 0 bridgehead atoms. The molecule has 0 saturated carbocycles. The minimum atomic E-state index is -1.05. The molecule has 6 nitrogen and oxygen atoms in total. The summed E-state index contributed by atoms with van der Waals surface area (Å²) in [5.41, 5.74) is 1.17. The number of rotatable bonds is 4. The lowest BCUT2D eigenvalue weighted by molar-refractivity contribution is 0.0523. The molecular weight excluding hydrogens is 316 g/mol. The maximum atomic E-state index is 11.7. The number of carboxylic acids is 1. The SMILES string of the molecule is CC(C)(C)OC(=O)NCc1cccc(-c2nc(C(=O)O)cs2)c1. The number of nitrogens with one attached hydrogen (secondary N) is 1. The number of benzene rings is 1. The number of aromatic carboxylic acids is 1. The van der Waals surface area contributed by atoms with Gasteiger partial charge in [-0.05, 0) is 32.4 Å². The van der Waals surface area contributed by atoms with Gasteiger partial charge in [0.25, 0.3) is 0 Å². The zero-order valence-electron chi connectivity index (χ0n) is 13.1. The van der Waals surface area contributed by atoms with Gasteiger partial charge in [-0.15, -0.1) is 11.3 Å². The lowest BCUT2D eigenvalue weighted by atomic mass is 10.1. The number of nitrogens with zero attached hydrogens (tertiary/aromatic N) is 1. The summed E-state index contributed by atoms with van der Waals surface area (Å²) in [6.45, 7) is 5.72. The second-order valence-corrected chi connectivity index (χ2v) is 6.76. The highest BCUT2D eigenvalue weighted by Crippen LogP contribution is 2.24. The number of ether oxygens (including phenoxy) is 1. The summed E-state index contributed by atoms with van der Waals surface area (Å²) < 4.78 is 5.18. The summed E-state index contributed by atoms with van der Waals surface area (Å²) in [5.74, 6) is -1.05. The average Bonchev–Trinajstić information content (AvgIpc) is 2.94. The molecule has 2 aromatic rings. The van der Waals surface area contributed by atoms with Crippen LogP contribution >= 0.6 is 11.3 Å². The maximum Gasteiger partial charge on any atom is 0.407 e. The molecule has 1 aromatic carbocycles. The van der Waals surface area contributed by atoms with Gasteiger partial charge in [-0.1, -0.05) is 18.2 Å². The Kier molecular flexibility index (Phi) is 5.00. The Morgan fingerprint density at radius 3 is 2.70 bits per heavy atom. The normalized spacial score (nSPS) is 11.1. The van der Waals surface area contributed by atoms with Gasteiger partial charge >= 0.3 is 12.1 Å².